The topological polar surface area (TPSA) is 69.4 Å². The molecule has 0 saturated heterocycles. The molecule has 0 fully saturated rings. The summed E-state index contributed by atoms with van der Waals surface area (Å²) in [5.41, 5.74) is 5.56. The maximum atomic E-state index is 11.1. The summed E-state index contributed by atoms with van der Waals surface area (Å²) in [6.45, 7) is 3.67. The second-order valence-electron chi connectivity index (χ2n) is 3.31. The molecule has 4 heteroatoms. The van der Waals surface area contributed by atoms with Gasteiger partial charge in [0.15, 0.2) is 0 Å². The van der Waals surface area contributed by atoms with Crippen LogP contribution in [0.4, 0.5) is 0 Å². The van der Waals surface area contributed by atoms with Crippen molar-refractivity contribution in [1.82, 2.24) is 0 Å². The van der Waals surface area contributed by atoms with Gasteiger partial charge in [-0.2, -0.15) is 0 Å². The Bertz CT molecular complexity index is 192. The van der Waals surface area contributed by atoms with E-state index < -0.39 is 6.04 Å². The number of ether oxygens (including phenoxy) is 1. The highest BCUT2D eigenvalue weighted by molar-refractivity contribution is 5.76. The Morgan fingerprint density at radius 1 is 1.36 bits per heavy atom. The molecule has 0 saturated carbocycles. The Hall–Kier alpha value is -0.900. The summed E-state index contributed by atoms with van der Waals surface area (Å²) in [6, 6.07) is -0.540. The van der Waals surface area contributed by atoms with Gasteiger partial charge in [-0.3, -0.25) is 4.79 Å². The van der Waals surface area contributed by atoms with Crippen molar-refractivity contribution in [2.75, 3.05) is 6.61 Å². The van der Waals surface area contributed by atoms with E-state index in [0.717, 1.165) is 12.8 Å². The van der Waals surface area contributed by atoms with Crippen molar-refractivity contribution in [1.29, 1.82) is 0 Å². The van der Waals surface area contributed by atoms with Crippen LogP contribution in [-0.4, -0.2) is 24.4 Å². The molecule has 0 radical (unpaired) electrons. The normalized spacial score (nSPS) is 12.2. The van der Waals surface area contributed by atoms with Crippen molar-refractivity contribution in [3.63, 3.8) is 0 Å². The maximum absolute atomic E-state index is 11.1. The van der Waals surface area contributed by atoms with Crippen LogP contribution in [0.2, 0.25) is 0 Å². The summed E-state index contributed by atoms with van der Waals surface area (Å²) in [5, 5.41) is 0. The molecule has 0 rings (SSSR count). The minimum absolute atomic E-state index is 0.176. The standard InChI is InChI=1S/C10H19NO3/c1-3-14-10(13)9(11)7-5-4-6-8(2)12/h9H,3-7,11H2,1-2H3. The SMILES string of the molecule is CCOC(=O)C(N)CCCCC(C)=O. The lowest BCUT2D eigenvalue weighted by molar-refractivity contribution is -0.144. The molecule has 0 spiro atoms. The van der Waals surface area contributed by atoms with E-state index >= 15 is 0 Å². The number of ketones is 1. The zero-order valence-corrected chi connectivity index (χ0v) is 8.91. The fraction of sp³-hybridized carbons (Fsp3) is 0.800. The second-order valence-corrected chi connectivity index (χ2v) is 3.31. The van der Waals surface area contributed by atoms with Crippen LogP contribution in [0.15, 0.2) is 0 Å². The summed E-state index contributed by atoms with van der Waals surface area (Å²) in [7, 11) is 0. The van der Waals surface area contributed by atoms with E-state index in [0.29, 0.717) is 19.4 Å². The fourth-order valence-corrected chi connectivity index (χ4v) is 1.11. The van der Waals surface area contributed by atoms with E-state index in [1.165, 1.54) is 0 Å². The number of carbonyl (C=O) groups is 2. The van der Waals surface area contributed by atoms with Crippen LogP contribution < -0.4 is 5.73 Å². The number of hydrogen-bond acceptors (Lipinski definition) is 4. The van der Waals surface area contributed by atoms with Crippen molar-refractivity contribution in [2.24, 2.45) is 5.73 Å². The van der Waals surface area contributed by atoms with Crippen molar-refractivity contribution in [3.05, 3.63) is 0 Å². The van der Waals surface area contributed by atoms with Gasteiger partial charge in [0.2, 0.25) is 0 Å². The Morgan fingerprint density at radius 2 is 2.00 bits per heavy atom. The van der Waals surface area contributed by atoms with E-state index in [2.05, 4.69) is 0 Å². The first kappa shape index (κ1) is 13.1. The Labute approximate surface area is 84.8 Å². The molecule has 0 aliphatic carbocycles. The van der Waals surface area contributed by atoms with Gasteiger partial charge in [0, 0.05) is 6.42 Å². The van der Waals surface area contributed by atoms with Crippen LogP contribution in [0.5, 0.6) is 0 Å². The van der Waals surface area contributed by atoms with Gasteiger partial charge >= 0.3 is 5.97 Å². The van der Waals surface area contributed by atoms with Crippen LogP contribution in [-0.2, 0) is 14.3 Å². The lowest BCUT2D eigenvalue weighted by atomic mass is 10.1. The minimum Gasteiger partial charge on any atom is -0.465 e. The Morgan fingerprint density at radius 3 is 2.50 bits per heavy atom. The van der Waals surface area contributed by atoms with Gasteiger partial charge in [0.1, 0.15) is 11.8 Å². The summed E-state index contributed by atoms with van der Waals surface area (Å²) < 4.78 is 4.75. The van der Waals surface area contributed by atoms with Crippen LogP contribution >= 0.6 is 0 Å². The fourth-order valence-electron chi connectivity index (χ4n) is 1.11. The molecule has 0 aliphatic rings. The average molecular weight is 201 g/mol. The minimum atomic E-state index is -0.540. The number of hydrogen-bond donors (Lipinski definition) is 1. The molecule has 2 N–H and O–H groups in total. The number of nitrogens with two attached hydrogens (primary N) is 1. The molecule has 0 aromatic carbocycles. The highest BCUT2D eigenvalue weighted by atomic mass is 16.5. The number of rotatable bonds is 7. The van der Waals surface area contributed by atoms with E-state index in [1.807, 2.05) is 0 Å². The predicted octanol–water partition coefficient (Wildman–Crippen LogP) is 1.03. The third kappa shape index (κ3) is 6.60. The van der Waals surface area contributed by atoms with E-state index in [-0.39, 0.29) is 11.8 Å². The Balaban J connectivity index is 3.48. The van der Waals surface area contributed by atoms with E-state index in [1.54, 1.807) is 13.8 Å². The molecular formula is C10H19NO3. The van der Waals surface area contributed by atoms with E-state index in [4.69, 9.17) is 10.5 Å². The zero-order chi connectivity index (χ0) is 11.0. The summed E-state index contributed by atoms with van der Waals surface area (Å²) in [6.07, 6.45) is 2.74. The first-order chi connectivity index (χ1) is 6.57. The predicted molar refractivity (Wildman–Crippen MR) is 53.8 cm³/mol. The molecule has 0 heterocycles. The molecular weight excluding hydrogens is 182 g/mol. The summed E-state index contributed by atoms with van der Waals surface area (Å²) in [4.78, 5) is 21.7. The van der Waals surface area contributed by atoms with Gasteiger partial charge in [-0.25, -0.2) is 0 Å². The molecule has 14 heavy (non-hydrogen) atoms. The number of carbonyl (C=O) groups excluding carboxylic acids is 2. The highest BCUT2D eigenvalue weighted by Crippen LogP contribution is 2.03. The lowest BCUT2D eigenvalue weighted by Crippen LogP contribution is -2.32. The first-order valence-corrected chi connectivity index (χ1v) is 4.99. The molecule has 1 atom stereocenters. The van der Waals surface area contributed by atoms with Crippen LogP contribution in [0.3, 0.4) is 0 Å². The smallest absolute Gasteiger partial charge is 0.322 e. The molecule has 1 unspecified atom stereocenters. The first-order valence-electron chi connectivity index (χ1n) is 4.99. The number of Topliss-reactive ketones (excluding diaryl/α,β-unsaturated/α-hetero) is 1. The van der Waals surface area contributed by atoms with Crippen molar-refractivity contribution in [2.45, 2.75) is 45.6 Å². The number of esters is 1. The molecule has 0 aromatic rings. The number of unbranched alkanes of at least 4 members (excludes halogenated alkanes) is 1. The molecule has 0 bridgehead atoms. The monoisotopic (exact) mass is 201 g/mol. The quantitative estimate of drug-likeness (QED) is 0.493. The van der Waals surface area contributed by atoms with Crippen molar-refractivity contribution < 1.29 is 14.3 Å². The van der Waals surface area contributed by atoms with Gasteiger partial charge in [-0.15, -0.1) is 0 Å². The van der Waals surface area contributed by atoms with Crippen molar-refractivity contribution in [3.8, 4) is 0 Å². The zero-order valence-electron chi connectivity index (χ0n) is 8.91. The van der Waals surface area contributed by atoms with Gasteiger partial charge < -0.3 is 15.3 Å². The molecule has 0 aliphatic heterocycles. The third-order valence-corrected chi connectivity index (χ3v) is 1.88. The summed E-state index contributed by atoms with van der Waals surface area (Å²) in [5.74, 6) is -0.176. The van der Waals surface area contributed by atoms with Crippen LogP contribution in [0, 0.1) is 0 Å². The largest absolute Gasteiger partial charge is 0.465 e. The van der Waals surface area contributed by atoms with Gasteiger partial charge in [0.25, 0.3) is 0 Å². The molecule has 82 valence electrons. The molecule has 0 amide bonds. The van der Waals surface area contributed by atoms with E-state index in [9.17, 15) is 9.59 Å². The van der Waals surface area contributed by atoms with Gasteiger partial charge in [-0.05, 0) is 26.7 Å². The molecule has 4 nitrogen and oxygen atoms in total. The van der Waals surface area contributed by atoms with Crippen LogP contribution in [0.25, 0.3) is 0 Å². The van der Waals surface area contributed by atoms with Gasteiger partial charge in [0.05, 0.1) is 6.61 Å². The average Bonchev–Trinajstić information content (AvgIpc) is 2.12. The maximum Gasteiger partial charge on any atom is 0.322 e. The second kappa shape index (κ2) is 7.50. The van der Waals surface area contributed by atoms with Crippen LogP contribution in [0.1, 0.15) is 39.5 Å². The third-order valence-electron chi connectivity index (χ3n) is 1.88. The molecule has 0 aromatic heterocycles. The Kier molecular flexibility index (Phi) is 7.02. The van der Waals surface area contributed by atoms with Gasteiger partial charge in [-0.1, -0.05) is 6.42 Å². The lowest BCUT2D eigenvalue weighted by Gasteiger charge is -2.09. The van der Waals surface area contributed by atoms with Crippen molar-refractivity contribution >= 4 is 11.8 Å². The highest BCUT2D eigenvalue weighted by Gasteiger charge is 2.13. The summed E-state index contributed by atoms with van der Waals surface area (Å²) >= 11 is 0.